The number of thiophene rings is 2. The fourth-order valence-electron chi connectivity index (χ4n) is 10.3. The summed E-state index contributed by atoms with van der Waals surface area (Å²) in [5.41, 5.74) is 11.3. The van der Waals surface area contributed by atoms with Crippen LogP contribution in [-0.4, -0.2) is 0 Å². The van der Waals surface area contributed by atoms with Gasteiger partial charge in [-0.15, -0.1) is 22.7 Å². The average Bonchev–Trinajstić information content (AvgIpc) is 3.65. The molecule has 0 bridgehead atoms. The molecule has 4 unspecified atom stereocenters. The molecule has 5 aromatic carbocycles. The van der Waals surface area contributed by atoms with Crippen molar-refractivity contribution < 1.29 is 0 Å². The minimum absolute atomic E-state index is 0.0178. The van der Waals surface area contributed by atoms with Crippen molar-refractivity contribution in [1.82, 2.24) is 0 Å². The SMILES string of the molecule is CCCCC(CC)CCc1c2cc(N(c3ccccc3)c3cccc(C)c3)sc2c(CCC(CC)CCCC)c2cc(C3CC3(c3ccccc3)c3cccc(C)c3)sc12. The normalized spacial score (nSPS) is 17.3. The van der Waals surface area contributed by atoms with Gasteiger partial charge in [0.1, 0.15) is 5.00 Å². The van der Waals surface area contributed by atoms with E-state index in [1.807, 2.05) is 11.3 Å². The fraction of sp³-hybridized carbons (Fsp3) is 0.404. The lowest BCUT2D eigenvalue weighted by Crippen LogP contribution is -2.11. The third-order valence-electron chi connectivity index (χ3n) is 14.0. The number of fused-ring (bicyclic) bond motifs is 2. The molecule has 1 saturated carbocycles. The van der Waals surface area contributed by atoms with Gasteiger partial charge in [-0.3, -0.25) is 0 Å². The van der Waals surface area contributed by atoms with Crippen LogP contribution in [0.25, 0.3) is 20.2 Å². The van der Waals surface area contributed by atoms with Crippen molar-refractivity contribution in [3.8, 4) is 0 Å². The molecule has 0 spiro atoms. The van der Waals surface area contributed by atoms with Crippen molar-refractivity contribution in [2.75, 3.05) is 4.90 Å². The van der Waals surface area contributed by atoms with Crippen molar-refractivity contribution >= 4 is 59.2 Å². The van der Waals surface area contributed by atoms with Gasteiger partial charge in [-0.2, -0.15) is 0 Å². The zero-order valence-electron chi connectivity index (χ0n) is 37.2. The lowest BCUT2D eigenvalue weighted by molar-refractivity contribution is 0.422. The van der Waals surface area contributed by atoms with Gasteiger partial charge in [-0.05, 0) is 133 Å². The van der Waals surface area contributed by atoms with Crippen LogP contribution < -0.4 is 4.90 Å². The number of hydrogen-bond acceptors (Lipinski definition) is 3. The van der Waals surface area contributed by atoms with E-state index in [1.165, 1.54) is 119 Å². The Labute approximate surface area is 369 Å². The Hall–Kier alpha value is -4.18. The molecule has 0 saturated heterocycles. The molecular weight excluding hydrogens is 763 g/mol. The van der Waals surface area contributed by atoms with Crippen LogP contribution >= 0.6 is 22.7 Å². The van der Waals surface area contributed by atoms with Crippen molar-refractivity contribution in [2.45, 2.75) is 136 Å². The summed E-state index contributed by atoms with van der Waals surface area (Å²) in [6, 6.07) is 46.3. The molecule has 4 atom stereocenters. The van der Waals surface area contributed by atoms with Crippen LogP contribution in [-0.2, 0) is 18.3 Å². The number of aryl methyl sites for hydroxylation is 4. The molecule has 1 aliphatic carbocycles. The van der Waals surface area contributed by atoms with Crippen LogP contribution in [0.1, 0.15) is 142 Å². The molecular formula is C57H67NS2. The van der Waals surface area contributed by atoms with Gasteiger partial charge in [0, 0.05) is 37.0 Å². The predicted octanol–water partition coefficient (Wildman–Crippen LogP) is 18.0. The Bertz CT molecular complexity index is 2400. The van der Waals surface area contributed by atoms with E-state index < -0.39 is 0 Å². The van der Waals surface area contributed by atoms with Crippen LogP contribution in [0.5, 0.6) is 0 Å². The first-order chi connectivity index (χ1) is 29.4. The quantitative estimate of drug-likeness (QED) is 0.0740. The maximum Gasteiger partial charge on any atom is 0.101 e. The van der Waals surface area contributed by atoms with Gasteiger partial charge in [-0.25, -0.2) is 0 Å². The van der Waals surface area contributed by atoms with Gasteiger partial charge >= 0.3 is 0 Å². The molecule has 8 rings (SSSR count). The molecule has 312 valence electrons. The molecule has 0 amide bonds. The standard InChI is InChI=1S/C57H67NS2/c1-7-11-23-42(9-3)31-33-48-50-37-53(52-39-57(52,44-25-15-13-16-26-44)45-27-19-21-40(5)35-45)59-55(50)49(34-32-43(10-4)24-12-8-2)51-38-54(60-56(48)51)58(46-28-17-14-18-29-46)47-30-20-22-41(6)36-47/h13-22,25-30,35-38,42-43,52H,7-12,23-24,31-34,39H2,1-6H3. The van der Waals surface area contributed by atoms with Gasteiger partial charge in [0.2, 0.25) is 0 Å². The van der Waals surface area contributed by atoms with E-state index in [4.69, 9.17) is 0 Å². The lowest BCUT2D eigenvalue weighted by atomic mass is 9.84. The van der Waals surface area contributed by atoms with Crippen LogP contribution in [0.15, 0.2) is 121 Å². The maximum absolute atomic E-state index is 2.71. The van der Waals surface area contributed by atoms with E-state index in [2.05, 4.69) is 179 Å². The lowest BCUT2D eigenvalue weighted by Gasteiger charge is -2.23. The Balaban J connectivity index is 1.33. The summed E-state index contributed by atoms with van der Waals surface area (Å²) in [6.07, 6.45) is 16.4. The molecule has 0 aliphatic heterocycles. The summed E-state index contributed by atoms with van der Waals surface area (Å²) in [7, 11) is 0. The van der Waals surface area contributed by atoms with E-state index in [0.29, 0.717) is 5.92 Å². The number of nitrogens with zero attached hydrogens (tertiary/aromatic N) is 1. The molecule has 0 N–H and O–H groups in total. The van der Waals surface area contributed by atoms with Crippen LogP contribution in [0.3, 0.4) is 0 Å². The zero-order chi connectivity index (χ0) is 41.6. The van der Waals surface area contributed by atoms with Crippen LogP contribution in [0, 0.1) is 25.7 Å². The van der Waals surface area contributed by atoms with Crippen molar-refractivity contribution in [3.63, 3.8) is 0 Å². The molecule has 2 aromatic heterocycles. The molecule has 1 aliphatic rings. The Kier molecular flexibility index (Phi) is 13.6. The highest BCUT2D eigenvalue weighted by molar-refractivity contribution is 7.24. The zero-order valence-corrected chi connectivity index (χ0v) is 38.9. The largest absolute Gasteiger partial charge is 0.302 e. The van der Waals surface area contributed by atoms with Crippen molar-refractivity contribution in [2.24, 2.45) is 11.8 Å². The molecule has 1 fully saturated rings. The van der Waals surface area contributed by atoms with Crippen molar-refractivity contribution in [1.29, 1.82) is 0 Å². The van der Waals surface area contributed by atoms with E-state index in [-0.39, 0.29) is 5.41 Å². The summed E-state index contributed by atoms with van der Waals surface area (Å²) < 4.78 is 3.10. The highest BCUT2D eigenvalue weighted by Crippen LogP contribution is 2.66. The van der Waals surface area contributed by atoms with Crippen LogP contribution in [0.4, 0.5) is 16.4 Å². The summed E-state index contributed by atoms with van der Waals surface area (Å²) in [5.74, 6) is 2.00. The topological polar surface area (TPSA) is 3.24 Å². The number of rotatable bonds is 20. The summed E-state index contributed by atoms with van der Waals surface area (Å²) in [5, 5.41) is 4.39. The van der Waals surface area contributed by atoms with Gasteiger partial charge in [0.15, 0.2) is 0 Å². The smallest absolute Gasteiger partial charge is 0.101 e. The molecule has 60 heavy (non-hydrogen) atoms. The Morgan fingerprint density at radius 1 is 0.567 bits per heavy atom. The Morgan fingerprint density at radius 2 is 1.12 bits per heavy atom. The molecule has 2 heterocycles. The summed E-state index contributed by atoms with van der Waals surface area (Å²) in [4.78, 5) is 4.11. The first kappa shape index (κ1) is 42.5. The van der Waals surface area contributed by atoms with Gasteiger partial charge in [0.25, 0.3) is 0 Å². The third-order valence-corrected chi connectivity index (χ3v) is 16.5. The molecule has 0 radical (unpaired) electrons. The van der Waals surface area contributed by atoms with E-state index >= 15 is 0 Å². The highest BCUT2D eigenvalue weighted by Gasteiger charge is 2.57. The highest BCUT2D eigenvalue weighted by atomic mass is 32.1. The number of benzene rings is 5. The number of hydrogen-bond donors (Lipinski definition) is 0. The molecule has 1 nitrogen and oxygen atoms in total. The minimum Gasteiger partial charge on any atom is -0.302 e. The van der Waals surface area contributed by atoms with Crippen LogP contribution in [0.2, 0.25) is 0 Å². The third kappa shape index (κ3) is 8.77. The maximum atomic E-state index is 2.71. The predicted molar refractivity (Wildman–Crippen MR) is 266 cm³/mol. The number of para-hydroxylation sites is 1. The first-order valence-electron chi connectivity index (χ1n) is 23.4. The van der Waals surface area contributed by atoms with Crippen molar-refractivity contribution in [3.05, 3.63) is 160 Å². The monoisotopic (exact) mass is 829 g/mol. The average molecular weight is 830 g/mol. The second-order valence-corrected chi connectivity index (χ2v) is 20.2. The summed E-state index contributed by atoms with van der Waals surface area (Å²) in [6.45, 7) is 14.0. The van der Waals surface area contributed by atoms with E-state index in [1.54, 1.807) is 26.1 Å². The number of unbranched alkanes of at least 4 members (excludes halogenated alkanes) is 2. The fourth-order valence-corrected chi connectivity index (χ4v) is 13.1. The molecule has 7 aromatic rings. The van der Waals surface area contributed by atoms with Gasteiger partial charge in [0.05, 0.1) is 0 Å². The van der Waals surface area contributed by atoms with Gasteiger partial charge in [-0.1, -0.05) is 170 Å². The van der Waals surface area contributed by atoms with E-state index in [9.17, 15) is 0 Å². The first-order valence-corrected chi connectivity index (χ1v) is 25.1. The molecule has 3 heteroatoms. The Morgan fingerprint density at radius 3 is 1.72 bits per heavy atom. The second-order valence-electron chi connectivity index (χ2n) is 18.1. The summed E-state index contributed by atoms with van der Waals surface area (Å²) >= 11 is 4.20. The number of anilines is 3. The minimum atomic E-state index is 0.0178. The van der Waals surface area contributed by atoms with Gasteiger partial charge < -0.3 is 4.90 Å². The second kappa shape index (κ2) is 19.3. The van der Waals surface area contributed by atoms with E-state index in [0.717, 1.165) is 24.7 Å².